The molecule has 0 unspecified atom stereocenters. The molecular weight excluding hydrogens is 314 g/mol. The maximum Gasteiger partial charge on any atom is 0.317 e. The van der Waals surface area contributed by atoms with Crippen molar-refractivity contribution in [3.63, 3.8) is 0 Å². The Balaban J connectivity index is 1.49. The summed E-state index contributed by atoms with van der Waals surface area (Å²) < 4.78 is 0. The maximum absolute atomic E-state index is 12.8. The summed E-state index contributed by atoms with van der Waals surface area (Å²) in [6.07, 6.45) is 5.26. The molecule has 1 aromatic carbocycles. The zero-order valence-corrected chi connectivity index (χ0v) is 15.4. The van der Waals surface area contributed by atoms with Gasteiger partial charge in [-0.15, -0.1) is 0 Å². The van der Waals surface area contributed by atoms with Crippen LogP contribution in [0.25, 0.3) is 0 Å². The van der Waals surface area contributed by atoms with Gasteiger partial charge in [-0.25, -0.2) is 4.79 Å². The lowest BCUT2D eigenvalue weighted by molar-refractivity contribution is 0.0525. The number of aryl methyl sites for hydroxylation is 1. The van der Waals surface area contributed by atoms with E-state index in [0.29, 0.717) is 17.7 Å². The molecule has 2 saturated heterocycles. The number of piperidine rings is 2. The van der Waals surface area contributed by atoms with E-state index in [1.54, 1.807) is 12.1 Å². The minimum Gasteiger partial charge on any atom is -0.508 e. The number of urea groups is 1. The average molecular weight is 345 g/mol. The number of nitrogens with zero attached hydrogens (tertiary/aromatic N) is 2. The van der Waals surface area contributed by atoms with Crippen molar-refractivity contribution in [3.05, 3.63) is 29.8 Å². The standard InChI is InChI=1S/C20H31N3O2/c1-15(5-6-16-7-9-18(24)10-8-16)21-20(25)23-12-3-4-17-14-22(2)13-11-19(17)23/h7-10,15,17,19,24H,3-6,11-14H2,1-2H3,(H,21,25)/t15-,17-,19+/m1/s1. The molecule has 2 aliphatic heterocycles. The third-order valence-electron chi connectivity index (χ3n) is 5.70. The molecule has 0 saturated carbocycles. The third kappa shape index (κ3) is 4.66. The van der Waals surface area contributed by atoms with Crippen LogP contribution in [-0.4, -0.2) is 59.7 Å². The molecule has 0 spiro atoms. The number of likely N-dealkylation sites (tertiary alicyclic amines) is 2. The van der Waals surface area contributed by atoms with Crippen molar-refractivity contribution in [2.24, 2.45) is 5.92 Å². The van der Waals surface area contributed by atoms with Crippen molar-refractivity contribution >= 4 is 6.03 Å². The van der Waals surface area contributed by atoms with Crippen molar-refractivity contribution in [2.75, 3.05) is 26.7 Å². The first-order chi connectivity index (χ1) is 12.0. The normalized spacial score (nSPS) is 25.3. The Kier molecular flexibility index (Phi) is 5.84. The van der Waals surface area contributed by atoms with Gasteiger partial charge in [0.05, 0.1) is 0 Å². The lowest BCUT2D eigenvalue weighted by atomic mass is 9.84. The van der Waals surface area contributed by atoms with Gasteiger partial charge in [0.25, 0.3) is 0 Å². The fourth-order valence-electron chi connectivity index (χ4n) is 4.25. The predicted molar refractivity (Wildman–Crippen MR) is 99.8 cm³/mol. The quantitative estimate of drug-likeness (QED) is 0.882. The van der Waals surface area contributed by atoms with Crippen LogP contribution in [0.15, 0.2) is 24.3 Å². The number of hydrogen-bond acceptors (Lipinski definition) is 3. The number of amides is 2. The number of rotatable bonds is 4. The van der Waals surface area contributed by atoms with E-state index < -0.39 is 0 Å². The number of nitrogens with one attached hydrogen (secondary N) is 1. The molecule has 2 fully saturated rings. The molecular formula is C20H31N3O2. The van der Waals surface area contributed by atoms with Gasteiger partial charge in [-0.3, -0.25) is 0 Å². The fraction of sp³-hybridized carbons (Fsp3) is 0.650. The zero-order valence-electron chi connectivity index (χ0n) is 15.4. The molecule has 2 N–H and O–H groups in total. The van der Waals surface area contributed by atoms with Crippen LogP contribution in [0.3, 0.4) is 0 Å². The molecule has 0 aromatic heterocycles. The second-order valence-electron chi connectivity index (χ2n) is 7.77. The Hall–Kier alpha value is -1.75. The van der Waals surface area contributed by atoms with Gasteiger partial charge in [0.15, 0.2) is 0 Å². The van der Waals surface area contributed by atoms with Gasteiger partial charge in [0.2, 0.25) is 0 Å². The first-order valence-corrected chi connectivity index (χ1v) is 9.56. The van der Waals surface area contributed by atoms with E-state index in [2.05, 4.69) is 29.1 Å². The molecule has 0 aliphatic carbocycles. The molecule has 2 heterocycles. The molecule has 2 aliphatic rings. The lowest BCUT2D eigenvalue weighted by Gasteiger charge is -2.46. The molecule has 2 amide bonds. The monoisotopic (exact) mass is 345 g/mol. The number of carbonyl (C=O) groups is 1. The summed E-state index contributed by atoms with van der Waals surface area (Å²) in [4.78, 5) is 17.3. The molecule has 5 heteroatoms. The average Bonchev–Trinajstić information content (AvgIpc) is 2.60. The zero-order chi connectivity index (χ0) is 17.8. The van der Waals surface area contributed by atoms with Gasteiger partial charge >= 0.3 is 6.03 Å². The van der Waals surface area contributed by atoms with Crippen molar-refractivity contribution < 1.29 is 9.90 Å². The molecule has 3 atom stereocenters. The largest absolute Gasteiger partial charge is 0.508 e. The van der Waals surface area contributed by atoms with Crippen molar-refractivity contribution in [3.8, 4) is 5.75 Å². The number of aromatic hydroxyl groups is 1. The van der Waals surface area contributed by atoms with Crippen molar-refractivity contribution in [1.29, 1.82) is 0 Å². The molecule has 25 heavy (non-hydrogen) atoms. The first-order valence-electron chi connectivity index (χ1n) is 9.56. The number of phenolic OH excluding ortho intramolecular Hbond substituents is 1. The summed E-state index contributed by atoms with van der Waals surface area (Å²) >= 11 is 0. The van der Waals surface area contributed by atoms with Gasteiger partial charge in [0.1, 0.15) is 5.75 Å². The van der Waals surface area contributed by atoms with E-state index in [4.69, 9.17) is 0 Å². The van der Waals surface area contributed by atoms with Crippen LogP contribution >= 0.6 is 0 Å². The van der Waals surface area contributed by atoms with E-state index in [0.717, 1.165) is 45.3 Å². The summed E-state index contributed by atoms with van der Waals surface area (Å²) in [6.45, 7) is 5.17. The molecule has 138 valence electrons. The van der Waals surface area contributed by atoms with E-state index in [-0.39, 0.29) is 12.1 Å². The third-order valence-corrected chi connectivity index (χ3v) is 5.70. The van der Waals surface area contributed by atoms with Gasteiger partial charge < -0.3 is 20.2 Å². The smallest absolute Gasteiger partial charge is 0.317 e. The Bertz CT molecular complexity index is 575. The Morgan fingerprint density at radius 1 is 1.28 bits per heavy atom. The highest BCUT2D eigenvalue weighted by Crippen LogP contribution is 2.30. The van der Waals surface area contributed by atoms with Gasteiger partial charge in [-0.05, 0) is 76.2 Å². The lowest BCUT2D eigenvalue weighted by Crippen LogP contribution is -2.58. The van der Waals surface area contributed by atoms with E-state index in [1.807, 2.05) is 12.1 Å². The van der Waals surface area contributed by atoms with Crippen LogP contribution in [0.5, 0.6) is 5.75 Å². The van der Waals surface area contributed by atoms with Crippen molar-refractivity contribution in [2.45, 2.75) is 51.1 Å². The number of benzene rings is 1. The molecule has 5 nitrogen and oxygen atoms in total. The number of carbonyl (C=O) groups excluding carboxylic acids is 1. The number of fused-ring (bicyclic) bond motifs is 1. The van der Waals surface area contributed by atoms with Crippen LogP contribution in [0, 0.1) is 5.92 Å². The topological polar surface area (TPSA) is 55.8 Å². The van der Waals surface area contributed by atoms with Crippen LogP contribution < -0.4 is 5.32 Å². The van der Waals surface area contributed by atoms with Crippen LogP contribution in [-0.2, 0) is 6.42 Å². The van der Waals surface area contributed by atoms with Crippen LogP contribution in [0.2, 0.25) is 0 Å². The van der Waals surface area contributed by atoms with Crippen LogP contribution in [0.1, 0.15) is 38.2 Å². The minimum atomic E-state index is 0.109. The fourth-order valence-corrected chi connectivity index (χ4v) is 4.25. The van der Waals surface area contributed by atoms with Gasteiger partial charge in [0, 0.05) is 25.2 Å². The maximum atomic E-state index is 12.8. The molecule has 0 radical (unpaired) electrons. The molecule has 1 aromatic rings. The second kappa shape index (κ2) is 8.09. The Morgan fingerprint density at radius 3 is 2.80 bits per heavy atom. The SMILES string of the molecule is C[C@H](CCc1ccc(O)cc1)NC(=O)N1CCC[C@@H]2CN(C)CC[C@@H]21. The van der Waals surface area contributed by atoms with Crippen LogP contribution in [0.4, 0.5) is 4.79 Å². The highest BCUT2D eigenvalue weighted by Gasteiger charge is 2.37. The predicted octanol–water partition coefficient (Wildman–Crippen LogP) is 2.84. The number of hydrogen-bond donors (Lipinski definition) is 2. The highest BCUT2D eigenvalue weighted by molar-refractivity contribution is 5.75. The summed E-state index contributed by atoms with van der Waals surface area (Å²) in [5.74, 6) is 0.924. The first kappa shape index (κ1) is 18.1. The number of phenols is 1. The highest BCUT2D eigenvalue weighted by atomic mass is 16.3. The summed E-state index contributed by atoms with van der Waals surface area (Å²) in [6, 6.07) is 7.98. The van der Waals surface area contributed by atoms with E-state index >= 15 is 0 Å². The summed E-state index contributed by atoms with van der Waals surface area (Å²) in [7, 11) is 2.18. The van der Waals surface area contributed by atoms with Gasteiger partial charge in [-0.1, -0.05) is 12.1 Å². The van der Waals surface area contributed by atoms with E-state index in [9.17, 15) is 9.90 Å². The Morgan fingerprint density at radius 2 is 2.04 bits per heavy atom. The van der Waals surface area contributed by atoms with Crippen molar-refractivity contribution in [1.82, 2.24) is 15.1 Å². The second-order valence-corrected chi connectivity index (χ2v) is 7.77. The minimum absolute atomic E-state index is 0.109. The Labute approximate surface area is 151 Å². The van der Waals surface area contributed by atoms with E-state index in [1.165, 1.54) is 12.0 Å². The summed E-state index contributed by atoms with van der Waals surface area (Å²) in [5, 5.41) is 12.5. The summed E-state index contributed by atoms with van der Waals surface area (Å²) in [5.41, 5.74) is 1.19. The van der Waals surface area contributed by atoms with Gasteiger partial charge in [-0.2, -0.15) is 0 Å². The molecule has 3 rings (SSSR count). The molecule has 0 bridgehead atoms.